The van der Waals surface area contributed by atoms with Crippen LogP contribution in [0.4, 0.5) is 5.69 Å². The highest BCUT2D eigenvalue weighted by Gasteiger charge is 2.08. The van der Waals surface area contributed by atoms with Crippen LogP contribution in [0.5, 0.6) is 0 Å². The number of anilines is 1. The Balaban J connectivity index is 2.95. The zero-order chi connectivity index (χ0) is 13.1. The standard InChI is InChI=1S/C11H14N2O3S/c1-8(2)6-11(14)13-9-4-3-5-10(7-9)17(12,15)16/h3-7H,1-2H3,(H,13,14)(H2,12,15,16). The minimum Gasteiger partial charge on any atom is -0.322 e. The quantitative estimate of drug-likeness (QED) is 0.795. The van der Waals surface area contributed by atoms with Gasteiger partial charge in [-0.3, -0.25) is 4.79 Å². The van der Waals surface area contributed by atoms with Crippen molar-refractivity contribution in [2.45, 2.75) is 18.7 Å². The third-order valence-electron chi connectivity index (χ3n) is 1.85. The van der Waals surface area contributed by atoms with E-state index < -0.39 is 10.0 Å². The van der Waals surface area contributed by atoms with Crippen molar-refractivity contribution in [2.24, 2.45) is 5.14 Å². The number of sulfonamides is 1. The third-order valence-corrected chi connectivity index (χ3v) is 2.76. The van der Waals surface area contributed by atoms with Gasteiger partial charge in [0.2, 0.25) is 15.9 Å². The number of benzene rings is 1. The summed E-state index contributed by atoms with van der Waals surface area (Å²) in [5, 5.41) is 7.54. The second kappa shape index (κ2) is 5.11. The van der Waals surface area contributed by atoms with Crippen molar-refractivity contribution < 1.29 is 13.2 Å². The molecule has 0 saturated carbocycles. The van der Waals surface area contributed by atoms with Crippen molar-refractivity contribution in [1.29, 1.82) is 0 Å². The van der Waals surface area contributed by atoms with Gasteiger partial charge in [-0.05, 0) is 32.0 Å². The Hall–Kier alpha value is -1.66. The van der Waals surface area contributed by atoms with Crippen LogP contribution in [0.3, 0.4) is 0 Å². The van der Waals surface area contributed by atoms with E-state index in [9.17, 15) is 13.2 Å². The van der Waals surface area contributed by atoms with E-state index >= 15 is 0 Å². The molecule has 5 nitrogen and oxygen atoms in total. The highest BCUT2D eigenvalue weighted by atomic mass is 32.2. The van der Waals surface area contributed by atoms with Gasteiger partial charge in [-0.25, -0.2) is 13.6 Å². The van der Waals surface area contributed by atoms with E-state index in [2.05, 4.69) is 5.32 Å². The van der Waals surface area contributed by atoms with Crippen molar-refractivity contribution in [3.63, 3.8) is 0 Å². The number of hydrogen-bond donors (Lipinski definition) is 2. The molecule has 0 heterocycles. The average molecular weight is 254 g/mol. The van der Waals surface area contributed by atoms with Gasteiger partial charge in [0.05, 0.1) is 4.90 Å². The summed E-state index contributed by atoms with van der Waals surface area (Å²) < 4.78 is 22.2. The predicted molar refractivity (Wildman–Crippen MR) is 65.9 cm³/mol. The number of nitrogens with one attached hydrogen (secondary N) is 1. The molecule has 0 spiro atoms. The summed E-state index contributed by atoms with van der Waals surface area (Å²) in [5.74, 6) is -0.309. The van der Waals surface area contributed by atoms with Crippen molar-refractivity contribution in [1.82, 2.24) is 0 Å². The van der Waals surface area contributed by atoms with Crippen LogP contribution in [0.15, 0.2) is 40.8 Å². The van der Waals surface area contributed by atoms with Crippen LogP contribution in [0.2, 0.25) is 0 Å². The molecular formula is C11H14N2O3S. The lowest BCUT2D eigenvalue weighted by Gasteiger charge is -2.04. The summed E-state index contributed by atoms with van der Waals surface area (Å²) in [7, 11) is -3.75. The number of carbonyl (C=O) groups excluding carboxylic acids is 1. The maximum atomic E-state index is 11.4. The van der Waals surface area contributed by atoms with Crippen LogP contribution in [0.25, 0.3) is 0 Å². The first-order valence-electron chi connectivity index (χ1n) is 4.88. The predicted octanol–water partition coefficient (Wildman–Crippen LogP) is 1.24. The summed E-state index contributed by atoms with van der Waals surface area (Å²) in [6.07, 6.45) is 1.42. The summed E-state index contributed by atoms with van der Waals surface area (Å²) in [5.41, 5.74) is 1.24. The topological polar surface area (TPSA) is 89.3 Å². The highest BCUT2D eigenvalue weighted by molar-refractivity contribution is 7.89. The van der Waals surface area contributed by atoms with Gasteiger partial charge >= 0.3 is 0 Å². The zero-order valence-corrected chi connectivity index (χ0v) is 10.4. The van der Waals surface area contributed by atoms with Crippen molar-refractivity contribution in [3.8, 4) is 0 Å². The van der Waals surface area contributed by atoms with Gasteiger partial charge in [0.15, 0.2) is 0 Å². The van der Waals surface area contributed by atoms with Crippen molar-refractivity contribution >= 4 is 21.6 Å². The van der Waals surface area contributed by atoms with Gasteiger partial charge in [-0.2, -0.15) is 0 Å². The number of allylic oxidation sites excluding steroid dienone is 1. The largest absolute Gasteiger partial charge is 0.322 e. The molecule has 92 valence electrons. The Labute approximate surface area is 100 Å². The second-order valence-electron chi connectivity index (χ2n) is 3.78. The molecule has 0 aliphatic rings. The molecule has 0 bridgehead atoms. The lowest BCUT2D eigenvalue weighted by atomic mass is 10.3. The molecule has 0 radical (unpaired) electrons. The van der Waals surface area contributed by atoms with Crippen molar-refractivity contribution in [2.75, 3.05) is 5.32 Å². The molecule has 0 aliphatic carbocycles. The number of rotatable bonds is 3. The second-order valence-corrected chi connectivity index (χ2v) is 5.35. The van der Waals surface area contributed by atoms with Crippen molar-refractivity contribution in [3.05, 3.63) is 35.9 Å². The maximum Gasteiger partial charge on any atom is 0.248 e. The first-order valence-corrected chi connectivity index (χ1v) is 6.42. The van der Waals surface area contributed by atoms with E-state index in [1.54, 1.807) is 19.9 Å². The molecule has 1 aromatic rings. The number of primary sulfonamides is 1. The number of carbonyl (C=O) groups is 1. The first-order chi connectivity index (χ1) is 7.79. The Morgan fingerprint density at radius 2 is 2.00 bits per heavy atom. The normalized spacial score (nSPS) is 10.8. The van der Waals surface area contributed by atoms with Crippen LogP contribution in [0, 0.1) is 0 Å². The van der Waals surface area contributed by atoms with Crippen LogP contribution in [-0.2, 0) is 14.8 Å². The minimum atomic E-state index is -3.75. The molecule has 1 aromatic carbocycles. The number of amides is 1. The third kappa shape index (κ3) is 4.38. The molecule has 0 atom stereocenters. The monoisotopic (exact) mass is 254 g/mol. The van der Waals surface area contributed by atoms with Crippen LogP contribution in [0.1, 0.15) is 13.8 Å². The van der Waals surface area contributed by atoms with E-state index in [1.807, 2.05) is 0 Å². The van der Waals surface area contributed by atoms with Gasteiger partial charge in [0, 0.05) is 11.8 Å². The van der Waals surface area contributed by atoms with Crippen LogP contribution < -0.4 is 10.5 Å². The van der Waals surface area contributed by atoms with E-state index in [4.69, 9.17) is 5.14 Å². The van der Waals surface area contributed by atoms with Gasteiger partial charge < -0.3 is 5.32 Å². The van der Waals surface area contributed by atoms with Gasteiger partial charge in [0.1, 0.15) is 0 Å². The Kier molecular flexibility index (Phi) is 4.03. The number of hydrogen-bond acceptors (Lipinski definition) is 3. The Bertz CT molecular complexity index is 558. The summed E-state index contributed by atoms with van der Waals surface area (Å²) in [4.78, 5) is 11.4. The van der Waals surface area contributed by atoms with Gasteiger partial charge in [-0.1, -0.05) is 11.6 Å². The molecule has 0 aromatic heterocycles. The molecule has 0 fully saturated rings. The van der Waals surface area contributed by atoms with E-state index in [0.29, 0.717) is 5.69 Å². The average Bonchev–Trinajstić information content (AvgIpc) is 2.15. The molecule has 1 rings (SSSR count). The first kappa shape index (κ1) is 13.4. The van der Waals surface area contributed by atoms with Gasteiger partial charge in [0.25, 0.3) is 0 Å². The Morgan fingerprint density at radius 3 is 2.53 bits per heavy atom. The van der Waals surface area contributed by atoms with Gasteiger partial charge in [-0.15, -0.1) is 0 Å². The van der Waals surface area contributed by atoms with Crippen LogP contribution in [-0.4, -0.2) is 14.3 Å². The summed E-state index contributed by atoms with van der Waals surface area (Å²) in [6.45, 7) is 3.58. The fourth-order valence-electron chi connectivity index (χ4n) is 1.19. The molecular weight excluding hydrogens is 240 g/mol. The fraction of sp³-hybridized carbons (Fsp3) is 0.182. The zero-order valence-electron chi connectivity index (χ0n) is 9.60. The SMILES string of the molecule is CC(C)=CC(=O)Nc1cccc(S(N)(=O)=O)c1. The molecule has 17 heavy (non-hydrogen) atoms. The maximum absolute atomic E-state index is 11.4. The van der Waals surface area contributed by atoms with E-state index in [0.717, 1.165) is 5.57 Å². The Morgan fingerprint density at radius 1 is 1.35 bits per heavy atom. The molecule has 6 heteroatoms. The lowest BCUT2D eigenvalue weighted by molar-refractivity contribution is -0.111. The molecule has 0 saturated heterocycles. The van der Waals surface area contributed by atoms with E-state index in [-0.39, 0.29) is 10.8 Å². The number of nitrogens with two attached hydrogens (primary N) is 1. The summed E-state index contributed by atoms with van der Waals surface area (Å²) in [6, 6.07) is 5.78. The molecule has 0 unspecified atom stereocenters. The van der Waals surface area contributed by atoms with E-state index in [1.165, 1.54) is 24.3 Å². The molecule has 1 amide bonds. The summed E-state index contributed by atoms with van der Waals surface area (Å²) >= 11 is 0. The minimum absolute atomic E-state index is 0.0347. The molecule has 0 aliphatic heterocycles. The molecule has 3 N–H and O–H groups in total. The lowest BCUT2D eigenvalue weighted by Crippen LogP contribution is -2.13. The van der Waals surface area contributed by atoms with Crippen LogP contribution >= 0.6 is 0 Å². The fourth-order valence-corrected chi connectivity index (χ4v) is 1.75. The smallest absolute Gasteiger partial charge is 0.248 e. The highest BCUT2D eigenvalue weighted by Crippen LogP contribution is 2.14.